The van der Waals surface area contributed by atoms with E-state index in [0.717, 1.165) is 0 Å². The van der Waals surface area contributed by atoms with Crippen LogP contribution in [-0.2, 0) is 17.9 Å². The number of hydrogen-bond acceptors (Lipinski definition) is 5. The molecule has 0 atom stereocenters. The Hall–Kier alpha value is -2.61. The minimum atomic E-state index is -1.02. The fourth-order valence-corrected chi connectivity index (χ4v) is 2.02. The second kappa shape index (κ2) is 7.59. The van der Waals surface area contributed by atoms with Crippen LogP contribution in [0.25, 0.3) is 0 Å². The number of rotatable bonds is 7. The van der Waals surface area contributed by atoms with E-state index in [1.54, 1.807) is 18.2 Å². The number of carboxylic acid groups (broad SMARTS) is 1. The number of nitrogens with one attached hydrogen (secondary N) is 1. The van der Waals surface area contributed by atoms with E-state index in [4.69, 9.17) is 21.4 Å². The molecule has 2 N–H and O–H groups in total. The zero-order chi connectivity index (χ0) is 16.8. The summed E-state index contributed by atoms with van der Waals surface area (Å²) >= 11 is 5.89. The summed E-state index contributed by atoms with van der Waals surface area (Å²) in [6.45, 7) is 2.05. The highest BCUT2D eigenvalue weighted by Crippen LogP contribution is 2.23. The molecule has 0 spiro atoms. The van der Waals surface area contributed by atoms with Gasteiger partial charge in [-0.15, -0.1) is 5.10 Å². The second-order valence-corrected chi connectivity index (χ2v) is 4.99. The third-order valence-electron chi connectivity index (χ3n) is 2.80. The summed E-state index contributed by atoms with van der Waals surface area (Å²) in [4.78, 5) is 22.8. The Balaban J connectivity index is 2.02. The van der Waals surface area contributed by atoms with E-state index in [1.165, 1.54) is 10.9 Å². The number of carbonyl (C=O) groups excluding carboxylic acids is 1. The average molecular weight is 339 g/mol. The van der Waals surface area contributed by atoms with Gasteiger partial charge in [-0.3, -0.25) is 9.59 Å². The molecule has 122 valence electrons. The molecule has 0 saturated carbocycles. The number of nitrogens with zero attached hydrogens (tertiary/aromatic N) is 3. The summed E-state index contributed by atoms with van der Waals surface area (Å²) in [5.41, 5.74) is 0.806. The Morgan fingerprint density at radius 3 is 2.91 bits per heavy atom. The molecule has 0 aliphatic heterocycles. The SMILES string of the molecule is CCOc1cc(Cl)ccc1C(=O)NCc1cn(CC(=O)O)nn1. The fourth-order valence-electron chi connectivity index (χ4n) is 1.86. The van der Waals surface area contributed by atoms with Gasteiger partial charge in [0.1, 0.15) is 18.0 Å². The van der Waals surface area contributed by atoms with Crippen molar-refractivity contribution in [2.24, 2.45) is 0 Å². The highest BCUT2D eigenvalue weighted by atomic mass is 35.5. The van der Waals surface area contributed by atoms with Crippen molar-refractivity contribution in [3.8, 4) is 5.75 Å². The monoisotopic (exact) mass is 338 g/mol. The van der Waals surface area contributed by atoms with Crippen LogP contribution in [0.5, 0.6) is 5.75 Å². The number of hydrogen-bond donors (Lipinski definition) is 2. The Morgan fingerprint density at radius 2 is 2.22 bits per heavy atom. The molecule has 1 heterocycles. The van der Waals surface area contributed by atoms with Crippen LogP contribution in [0.15, 0.2) is 24.4 Å². The molecule has 23 heavy (non-hydrogen) atoms. The maximum Gasteiger partial charge on any atom is 0.325 e. The van der Waals surface area contributed by atoms with Crippen LogP contribution in [0, 0.1) is 0 Å². The van der Waals surface area contributed by atoms with Crippen LogP contribution in [0.2, 0.25) is 5.02 Å². The topological polar surface area (TPSA) is 106 Å². The lowest BCUT2D eigenvalue weighted by atomic mass is 10.2. The van der Waals surface area contributed by atoms with Gasteiger partial charge >= 0.3 is 5.97 Å². The van der Waals surface area contributed by atoms with Crippen molar-refractivity contribution < 1.29 is 19.4 Å². The van der Waals surface area contributed by atoms with Crippen LogP contribution < -0.4 is 10.1 Å². The maximum atomic E-state index is 12.2. The van der Waals surface area contributed by atoms with Crippen molar-refractivity contribution in [1.29, 1.82) is 0 Å². The number of aliphatic carboxylic acids is 1. The van der Waals surface area contributed by atoms with E-state index < -0.39 is 5.97 Å². The van der Waals surface area contributed by atoms with Gasteiger partial charge in [-0.05, 0) is 25.1 Å². The van der Waals surface area contributed by atoms with Crippen LogP contribution in [0.4, 0.5) is 0 Å². The van der Waals surface area contributed by atoms with E-state index in [-0.39, 0.29) is 19.0 Å². The Bertz CT molecular complexity index is 717. The number of carbonyl (C=O) groups is 2. The zero-order valence-corrected chi connectivity index (χ0v) is 13.1. The molecule has 9 heteroatoms. The number of aromatic nitrogens is 3. The van der Waals surface area contributed by atoms with Gasteiger partial charge in [-0.1, -0.05) is 16.8 Å². The van der Waals surface area contributed by atoms with Crippen molar-refractivity contribution in [1.82, 2.24) is 20.3 Å². The first kappa shape index (κ1) is 16.8. The predicted molar refractivity (Wildman–Crippen MR) is 81.4 cm³/mol. The van der Waals surface area contributed by atoms with Crippen molar-refractivity contribution in [3.63, 3.8) is 0 Å². The highest BCUT2D eigenvalue weighted by Gasteiger charge is 2.14. The van der Waals surface area contributed by atoms with E-state index in [1.807, 2.05) is 6.92 Å². The Labute approximate surface area is 137 Å². The molecular formula is C14H15ClN4O4. The Morgan fingerprint density at radius 1 is 1.43 bits per heavy atom. The number of ether oxygens (including phenoxy) is 1. The molecule has 1 aromatic heterocycles. The average Bonchev–Trinajstić information content (AvgIpc) is 2.92. The third kappa shape index (κ3) is 4.68. The lowest BCUT2D eigenvalue weighted by Gasteiger charge is -2.10. The van der Waals surface area contributed by atoms with Crippen molar-refractivity contribution in [2.45, 2.75) is 20.0 Å². The van der Waals surface area contributed by atoms with E-state index in [0.29, 0.717) is 28.6 Å². The van der Waals surface area contributed by atoms with Crippen molar-refractivity contribution in [2.75, 3.05) is 6.61 Å². The van der Waals surface area contributed by atoms with E-state index >= 15 is 0 Å². The van der Waals surface area contributed by atoms with Crippen LogP contribution >= 0.6 is 11.6 Å². The van der Waals surface area contributed by atoms with Crippen molar-refractivity contribution in [3.05, 3.63) is 40.7 Å². The summed E-state index contributed by atoms with van der Waals surface area (Å²) in [6, 6.07) is 4.75. The number of halogens is 1. The van der Waals surface area contributed by atoms with Crippen LogP contribution in [0.3, 0.4) is 0 Å². The molecule has 2 aromatic rings. The fraction of sp³-hybridized carbons (Fsp3) is 0.286. The highest BCUT2D eigenvalue weighted by molar-refractivity contribution is 6.30. The molecule has 0 saturated heterocycles. The molecule has 0 aliphatic rings. The maximum absolute atomic E-state index is 12.2. The van der Waals surface area contributed by atoms with Crippen molar-refractivity contribution >= 4 is 23.5 Å². The molecular weight excluding hydrogens is 324 g/mol. The largest absolute Gasteiger partial charge is 0.493 e. The Kier molecular flexibility index (Phi) is 5.53. The van der Waals surface area contributed by atoms with E-state index in [2.05, 4.69) is 15.6 Å². The third-order valence-corrected chi connectivity index (χ3v) is 3.04. The quantitative estimate of drug-likeness (QED) is 0.789. The second-order valence-electron chi connectivity index (χ2n) is 4.56. The molecule has 8 nitrogen and oxygen atoms in total. The first-order chi connectivity index (χ1) is 11.0. The molecule has 2 rings (SSSR count). The number of benzene rings is 1. The van der Waals surface area contributed by atoms with Gasteiger partial charge in [0.2, 0.25) is 0 Å². The summed E-state index contributed by atoms with van der Waals surface area (Å²) in [7, 11) is 0. The standard InChI is InChI=1S/C14H15ClN4O4/c1-2-23-12-5-9(15)3-4-11(12)14(22)16-6-10-7-19(18-17-10)8-13(20)21/h3-5,7H,2,6,8H2,1H3,(H,16,22)(H,20,21). The molecule has 0 fully saturated rings. The molecule has 0 radical (unpaired) electrons. The lowest BCUT2D eigenvalue weighted by molar-refractivity contribution is -0.137. The lowest BCUT2D eigenvalue weighted by Crippen LogP contribution is -2.23. The van der Waals surface area contributed by atoms with Gasteiger partial charge < -0.3 is 15.2 Å². The van der Waals surface area contributed by atoms with E-state index in [9.17, 15) is 9.59 Å². The van der Waals surface area contributed by atoms with Gasteiger partial charge in [0.05, 0.1) is 24.9 Å². The molecule has 1 amide bonds. The van der Waals surface area contributed by atoms with Gasteiger partial charge in [0.25, 0.3) is 5.91 Å². The van der Waals surface area contributed by atoms with Crippen LogP contribution in [-0.4, -0.2) is 38.6 Å². The zero-order valence-electron chi connectivity index (χ0n) is 12.3. The smallest absolute Gasteiger partial charge is 0.325 e. The van der Waals surface area contributed by atoms with Gasteiger partial charge in [0, 0.05) is 5.02 Å². The summed E-state index contributed by atoms with van der Waals surface area (Å²) in [5.74, 6) is -0.974. The molecule has 0 aliphatic carbocycles. The summed E-state index contributed by atoms with van der Waals surface area (Å²) < 4.78 is 6.57. The summed E-state index contributed by atoms with van der Waals surface area (Å²) in [5, 5.41) is 19.3. The molecule has 1 aromatic carbocycles. The molecule has 0 bridgehead atoms. The van der Waals surface area contributed by atoms with Gasteiger partial charge in [0.15, 0.2) is 0 Å². The first-order valence-corrected chi connectivity index (χ1v) is 7.18. The number of amides is 1. The minimum Gasteiger partial charge on any atom is -0.493 e. The summed E-state index contributed by atoms with van der Waals surface area (Å²) in [6.07, 6.45) is 1.46. The predicted octanol–water partition coefficient (Wildman–Crippen LogP) is 1.34. The minimum absolute atomic E-state index is 0.118. The first-order valence-electron chi connectivity index (χ1n) is 6.81. The molecule has 0 unspecified atom stereocenters. The van der Waals surface area contributed by atoms with Gasteiger partial charge in [-0.25, -0.2) is 4.68 Å². The number of carboxylic acids is 1. The van der Waals surface area contributed by atoms with Gasteiger partial charge in [-0.2, -0.15) is 0 Å². The normalized spacial score (nSPS) is 10.3. The van der Waals surface area contributed by atoms with Crippen LogP contribution in [0.1, 0.15) is 23.0 Å².